The first-order valence-corrected chi connectivity index (χ1v) is 8.06. The van der Waals surface area contributed by atoms with Crippen molar-refractivity contribution in [1.29, 1.82) is 0 Å². The number of nitrogens with one attached hydrogen (secondary N) is 1. The summed E-state index contributed by atoms with van der Waals surface area (Å²) >= 11 is 7.48. The molecule has 0 radical (unpaired) electrons. The Morgan fingerprint density at radius 1 is 1.29 bits per heavy atom. The number of rotatable bonds is 8. The molecule has 0 aliphatic carbocycles. The molecule has 4 nitrogen and oxygen atoms in total. The van der Waals surface area contributed by atoms with Crippen molar-refractivity contribution in [3.63, 3.8) is 0 Å². The van der Waals surface area contributed by atoms with Gasteiger partial charge in [0.05, 0.1) is 6.42 Å². The van der Waals surface area contributed by atoms with Crippen LogP contribution >= 0.6 is 23.4 Å². The first-order valence-electron chi connectivity index (χ1n) is 6.70. The molecule has 0 saturated carbocycles. The molecule has 0 aliphatic rings. The molecular weight excluding hydrogens is 310 g/mol. The number of carbonyl (C=O) groups is 2. The average molecular weight is 330 g/mol. The summed E-state index contributed by atoms with van der Waals surface area (Å²) in [6.07, 6.45) is 1.05. The highest BCUT2D eigenvalue weighted by Crippen LogP contribution is 2.21. The highest BCUT2D eigenvalue weighted by molar-refractivity contribution is 7.99. The Hall–Kier alpha value is -1.20. The number of carboxylic acid groups (broad SMARTS) is 1. The van der Waals surface area contributed by atoms with Gasteiger partial charge >= 0.3 is 5.97 Å². The molecule has 0 fully saturated rings. The second-order valence-corrected chi connectivity index (χ2v) is 7.01. The Morgan fingerprint density at radius 3 is 2.48 bits per heavy atom. The molecule has 2 N–H and O–H groups in total. The van der Waals surface area contributed by atoms with Crippen LogP contribution in [-0.4, -0.2) is 28.3 Å². The molecule has 116 valence electrons. The van der Waals surface area contributed by atoms with Crippen LogP contribution in [0, 0.1) is 0 Å². The SMILES string of the molecule is CC(C)(CC(=O)O)NC(=O)CCCSc1ccc(Cl)cc1. The fraction of sp³-hybridized carbons (Fsp3) is 0.467. The molecule has 0 heterocycles. The summed E-state index contributed by atoms with van der Waals surface area (Å²) in [6, 6.07) is 7.57. The molecule has 0 aliphatic heterocycles. The number of carbonyl (C=O) groups excluding carboxylic acids is 1. The molecule has 0 aromatic heterocycles. The van der Waals surface area contributed by atoms with Crippen molar-refractivity contribution in [2.75, 3.05) is 5.75 Å². The van der Waals surface area contributed by atoms with Crippen LogP contribution in [-0.2, 0) is 9.59 Å². The summed E-state index contributed by atoms with van der Waals surface area (Å²) in [6.45, 7) is 3.42. The number of hydrogen-bond acceptors (Lipinski definition) is 3. The lowest BCUT2D eigenvalue weighted by Gasteiger charge is -2.24. The summed E-state index contributed by atoms with van der Waals surface area (Å²) in [5.41, 5.74) is -0.716. The van der Waals surface area contributed by atoms with Crippen LogP contribution in [0.15, 0.2) is 29.2 Å². The van der Waals surface area contributed by atoms with Gasteiger partial charge in [0.25, 0.3) is 0 Å². The zero-order chi connectivity index (χ0) is 15.9. The van der Waals surface area contributed by atoms with Gasteiger partial charge in [0.1, 0.15) is 0 Å². The minimum atomic E-state index is -0.918. The fourth-order valence-electron chi connectivity index (χ4n) is 1.82. The van der Waals surface area contributed by atoms with Crippen molar-refractivity contribution < 1.29 is 14.7 Å². The smallest absolute Gasteiger partial charge is 0.305 e. The Balaban J connectivity index is 2.24. The van der Waals surface area contributed by atoms with Crippen molar-refractivity contribution in [2.45, 2.75) is 43.5 Å². The van der Waals surface area contributed by atoms with E-state index in [1.165, 1.54) is 0 Å². The molecule has 1 aromatic rings. The van der Waals surface area contributed by atoms with Crippen molar-refractivity contribution in [3.8, 4) is 0 Å². The summed E-state index contributed by atoms with van der Waals surface area (Å²) in [5.74, 6) is -0.203. The third-order valence-electron chi connectivity index (χ3n) is 2.70. The van der Waals surface area contributed by atoms with Gasteiger partial charge in [-0.2, -0.15) is 0 Å². The molecule has 6 heteroatoms. The molecule has 21 heavy (non-hydrogen) atoms. The van der Waals surface area contributed by atoms with E-state index in [0.717, 1.165) is 17.1 Å². The van der Waals surface area contributed by atoms with Crippen LogP contribution in [0.25, 0.3) is 0 Å². The highest BCUT2D eigenvalue weighted by Gasteiger charge is 2.23. The van der Waals surface area contributed by atoms with Crippen LogP contribution in [0.1, 0.15) is 33.1 Å². The summed E-state index contributed by atoms with van der Waals surface area (Å²) in [5, 5.41) is 12.2. The first-order chi connectivity index (χ1) is 9.78. The predicted molar refractivity (Wildman–Crippen MR) is 85.9 cm³/mol. The Bertz CT molecular complexity index is 488. The number of aliphatic carboxylic acids is 1. The zero-order valence-electron chi connectivity index (χ0n) is 12.2. The van der Waals surface area contributed by atoms with E-state index >= 15 is 0 Å². The second kappa shape index (κ2) is 8.29. The predicted octanol–water partition coefficient (Wildman–Crippen LogP) is 3.58. The van der Waals surface area contributed by atoms with E-state index < -0.39 is 11.5 Å². The third kappa shape index (κ3) is 7.97. The standard InChI is InChI=1S/C15H20ClNO3S/c1-15(2,10-14(19)20)17-13(18)4-3-9-21-12-7-5-11(16)6-8-12/h5-8H,3-4,9-10H2,1-2H3,(H,17,18)(H,19,20). The lowest BCUT2D eigenvalue weighted by Crippen LogP contribution is -2.44. The van der Waals surface area contributed by atoms with Gasteiger partial charge in [0.15, 0.2) is 0 Å². The summed E-state index contributed by atoms with van der Waals surface area (Å²) < 4.78 is 0. The van der Waals surface area contributed by atoms with Crippen molar-refractivity contribution in [1.82, 2.24) is 5.32 Å². The van der Waals surface area contributed by atoms with Gasteiger partial charge in [0, 0.05) is 21.9 Å². The number of amides is 1. The maximum atomic E-state index is 11.8. The van der Waals surface area contributed by atoms with Crippen LogP contribution in [0.3, 0.4) is 0 Å². The average Bonchev–Trinajstić information content (AvgIpc) is 2.34. The molecule has 0 atom stereocenters. The minimum Gasteiger partial charge on any atom is -0.481 e. The lowest BCUT2D eigenvalue weighted by atomic mass is 10.0. The van der Waals surface area contributed by atoms with E-state index in [9.17, 15) is 9.59 Å². The number of thioether (sulfide) groups is 1. The van der Waals surface area contributed by atoms with Crippen LogP contribution < -0.4 is 5.32 Å². The number of hydrogen-bond donors (Lipinski definition) is 2. The lowest BCUT2D eigenvalue weighted by molar-refractivity contribution is -0.138. The Kier molecular flexibility index (Phi) is 7.05. The molecule has 0 unspecified atom stereocenters. The maximum absolute atomic E-state index is 11.8. The second-order valence-electron chi connectivity index (χ2n) is 5.41. The normalized spacial score (nSPS) is 11.2. The van der Waals surface area contributed by atoms with E-state index in [1.54, 1.807) is 25.6 Å². The van der Waals surface area contributed by atoms with E-state index in [1.807, 2.05) is 24.3 Å². The molecule has 0 bridgehead atoms. The maximum Gasteiger partial charge on any atom is 0.305 e. The quantitative estimate of drug-likeness (QED) is 0.565. The molecular formula is C15H20ClNO3S. The van der Waals surface area contributed by atoms with Gasteiger partial charge in [-0.05, 0) is 50.3 Å². The van der Waals surface area contributed by atoms with Crippen molar-refractivity contribution in [3.05, 3.63) is 29.3 Å². The number of carboxylic acids is 1. The number of benzene rings is 1. The van der Waals surface area contributed by atoms with Crippen molar-refractivity contribution in [2.24, 2.45) is 0 Å². The van der Waals surface area contributed by atoms with Gasteiger partial charge in [-0.25, -0.2) is 0 Å². The summed E-state index contributed by atoms with van der Waals surface area (Å²) in [4.78, 5) is 23.6. The van der Waals surface area contributed by atoms with Gasteiger partial charge in [0.2, 0.25) is 5.91 Å². The summed E-state index contributed by atoms with van der Waals surface area (Å²) in [7, 11) is 0. The highest BCUT2D eigenvalue weighted by atomic mass is 35.5. The monoisotopic (exact) mass is 329 g/mol. The Morgan fingerprint density at radius 2 is 1.90 bits per heavy atom. The van der Waals surface area contributed by atoms with Crippen LogP contribution in [0.4, 0.5) is 0 Å². The third-order valence-corrected chi connectivity index (χ3v) is 4.05. The topological polar surface area (TPSA) is 66.4 Å². The molecule has 0 spiro atoms. The van der Waals surface area contributed by atoms with E-state index in [2.05, 4.69) is 5.32 Å². The minimum absolute atomic E-state index is 0.0851. The van der Waals surface area contributed by atoms with E-state index in [0.29, 0.717) is 11.4 Å². The largest absolute Gasteiger partial charge is 0.481 e. The molecule has 1 rings (SSSR count). The van der Waals surface area contributed by atoms with Crippen LogP contribution in [0.2, 0.25) is 5.02 Å². The van der Waals surface area contributed by atoms with Gasteiger partial charge in [-0.3, -0.25) is 9.59 Å². The first kappa shape index (κ1) is 17.9. The van der Waals surface area contributed by atoms with Gasteiger partial charge in [-0.1, -0.05) is 11.6 Å². The molecule has 0 saturated heterocycles. The van der Waals surface area contributed by atoms with Crippen LogP contribution in [0.5, 0.6) is 0 Å². The molecule has 1 aromatic carbocycles. The zero-order valence-corrected chi connectivity index (χ0v) is 13.8. The van der Waals surface area contributed by atoms with E-state index in [4.69, 9.17) is 16.7 Å². The fourth-order valence-corrected chi connectivity index (χ4v) is 2.79. The van der Waals surface area contributed by atoms with E-state index in [-0.39, 0.29) is 12.3 Å². The van der Waals surface area contributed by atoms with Gasteiger partial charge in [-0.15, -0.1) is 11.8 Å². The Labute approximate surface area is 134 Å². The molecule has 1 amide bonds. The van der Waals surface area contributed by atoms with Crippen molar-refractivity contribution >= 4 is 35.2 Å². The van der Waals surface area contributed by atoms with Gasteiger partial charge < -0.3 is 10.4 Å². The number of halogens is 1.